The molecule has 0 aliphatic heterocycles. The molecule has 0 aliphatic rings. The van der Waals surface area contributed by atoms with E-state index in [4.69, 9.17) is 10.5 Å². The van der Waals surface area contributed by atoms with Crippen LogP contribution in [-0.4, -0.2) is 18.2 Å². The molecular weight excluding hydrogens is 180 g/mol. The van der Waals surface area contributed by atoms with Gasteiger partial charge in [-0.15, -0.1) is 0 Å². The second kappa shape index (κ2) is 3.40. The number of methoxy groups -OCH3 is 1. The highest BCUT2D eigenvalue weighted by Crippen LogP contribution is 2.28. The first kappa shape index (κ1) is 8.79. The highest BCUT2D eigenvalue weighted by molar-refractivity contribution is 7.17. The largest absolute Gasteiger partial charge is 0.514 e. The fraction of sp³-hybridized carbons (Fsp3) is 0.333. The summed E-state index contributed by atoms with van der Waals surface area (Å²) in [4.78, 5) is 14.5. The van der Waals surface area contributed by atoms with Crippen LogP contribution in [-0.2, 0) is 4.74 Å². The Balaban J connectivity index is 2.75. The average molecular weight is 188 g/mol. The minimum absolute atomic E-state index is 0.367. The number of thiazole rings is 1. The van der Waals surface area contributed by atoms with Crippen LogP contribution in [0.3, 0.4) is 0 Å². The molecule has 12 heavy (non-hydrogen) atoms. The van der Waals surface area contributed by atoms with Gasteiger partial charge in [0.05, 0.1) is 12.8 Å². The molecule has 1 aromatic heterocycles. The topological polar surface area (TPSA) is 74.4 Å². The number of hydrogen-bond donors (Lipinski definition) is 1. The zero-order valence-electron chi connectivity index (χ0n) is 6.66. The number of aryl methyl sites for hydroxylation is 1. The molecule has 0 amide bonds. The SMILES string of the molecule is COC(=O)Oc1sc(N)nc1C. The summed E-state index contributed by atoms with van der Waals surface area (Å²) in [5.41, 5.74) is 5.96. The molecule has 0 saturated heterocycles. The highest BCUT2D eigenvalue weighted by Gasteiger charge is 2.10. The van der Waals surface area contributed by atoms with Crippen LogP contribution in [0.1, 0.15) is 5.69 Å². The maximum Gasteiger partial charge on any atom is 0.514 e. The van der Waals surface area contributed by atoms with E-state index in [1.807, 2.05) is 0 Å². The molecule has 0 atom stereocenters. The minimum Gasteiger partial charge on any atom is -0.437 e. The second-order valence-corrected chi connectivity index (χ2v) is 2.97. The Labute approximate surface area is 73.1 Å². The first-order chi connectivity index (χ1) is 5.63. The average Bonchev–Trinajstić information content (AvgIpc) is 2.30. The van der Waals surface area contributed by atoms with Gasteiger partial charge in [-0.3, -0.25) is 0 Å². The van der Waals surface area contributed by atoms with Crippen LogP contribution >= 0.6 is 11.3 Å². The number of aromatic nitrogens is 1. The van der Waals surface area contributed by atoms with Crippen molar-refractivity contribution in [2.24, 2.45) is 0 Å². The number of carbonyl (C=O) groups excluding carboxylic acids is 1. The van der Waals surface area contributed by atoms with Crippen LogP contribution in [0.4, 0.5) is 9.93 Å². The molecule has 0 aromatic carbocycles. The predicted octanol–water partition coefficient (Wildman–Crippen LogP) is 1.18. The molecule has 0 aliphatic carbocycles. The lowest BCUT2D eigenvalue weighted by atomic mass is 10.6. The Hall–Kier alpha value is -1.30. The van der Waals surface area contributed by atoms with Crippen molar-refractivity contribution in [2.45, 2.75) is 6.92 Å². The lowest BCUT2D eigenvalue weighted by molar-refractivity contribution is 0.122. The van der Waals surface area contributed by atoms with E-state index in [0.29, 0.717) is 15.9 Å². The van der Waals surface area contributed by atoms with E-state index in [9.17, 15) is 4.79 Å². The van der Waals surface area contributed by atoms with Crippen molar-refractivity contribution in [1.29, 1.82) is 0 Å². The van der Waals surface area contributed by atoms with Gasteiger partial charge in [0.15, 0.2) is 5.13 Å². The molecule has 0 saturated carbocycles. The maximum absolute atomic E-state index is 10.6. The van der Waals surface area contributed by atoms with Crippen LogP contribution in [0.5, 0.6) is 5.06 Å². The minimum atomic E-state index is -0.762. The van der Waals surface area contributed by atoms with Gasteiger partial charge < -0.3 is 15.2 Å². The monoisotopic (exact) mass is 188 g/mol. The van der Waals surface area contributed by atoms with Crippen LogP contribution in [0.25, 0.3) is 0 Å². The van der Waals surface area contributed by atoms with E-state index in [2.05, 4.69) is 9.72 Å². The summed E-state index contributed by atoms with van der Waals surface area (Å²) >= 11 is 1.10. The number of carbonyl (C=O) groups is 1. The van der Waals surface area contributed by atoms with Gasteiger partial charge >= 0.3 is 6.16 Å². The standard InChI is InChI=1S/C6H8N2O3S/c1-3-4(11-6(9)10-2)12-5(7)8-3/h1-2H3,(H2,7,8). The molecule has 1 aromatic rings. The van der Waals surface area contributed by atoms with Crippen molar-refractivity contribution in [3.8, 4) is 5.06 Å². The molecule has 0 bridgehead atoms. The second-order valence-electron chi connectivity index (χ2n) is 1.98. The van der Waals surface area contributed by atoms with E-state index in [-0.39, 0.29) is 0 Å². The van der Waals surface area contributed by atoms with E-state index in [1.165, 1.54) is 7.11 Å². The zero-order valence-corrected chi connectivity index (χ0v) is 7.47. The van der Waals surface area contributed by atoms with Gasteiger partial charge in [0, 0.05) is 0 Å². The Morgan fingerprint density at radius 3 is 2.75 bits per heavy atom. The van der Waals surface area contributed by atoms with Crippen LogP contribution in [0.15, 0.2) is 0 Å². The number of anilines is 1. The third kappa shape index (κ3) is 1.85. The lowest BCUT2D eigenvalue weighted by Crippen LogP contribution is -2.06. The van der Waals surface area contributed by atoms with Gasteiger partial charge in [-0.05, 0) is 6.92 Å². The number of nitrogen functional groups attached to an aromatic ring is 1. The van der Waals surface area contributed by atoms with Crippen molar-refractivity contribution >= 4 is 22.6 Å². The number of hydrogen-bond acceptors (Lipinski definition) is 6. The number of rotatable bonds is 1. The molecule has 0 fully saturated rings. The van der Waals surface area contributed by atoms with Gasteiger partial charge in [-0.1, -0.05) is 11.3 Å². The summed E-state index contributed by atoms with van der Waals surface area (Å²) in [6.45, 7) is 1.70. The van der Waals surface area contributed by atoms with Crippen molar-refractivity contribution in [3.05, 3.63) is 5.69 Å². The fourth-order valence-electron chi connectivity index (χ4n) is 0.615. The van der Waals surface area contributed by atoms with E-state index >= 15 is 0 Å². The molecule has 6 heteroatoms. The molecule has 1 heterocycles. The van der Waals surface area contributed by atoms with Crippen molar-refractivity contribution in [1.82, 2.24) is 4.98 Å². The van der Waals surface area contributed by atoms with Crippen LogP contribution in [0.2, 0.25) is 0 Å². The Kier molecular flexibility index (Phi) is 2.49. The number of nitrogens with zero attached hydrogens (tertiary/aromatic N) is 1. The zero-order chi connectivity index (χ0) is 9.14. The Morgan fingerprint density at radius 1 is 1.67 bits per heavy atom. The summed E-state index contributed by atoms with van der Waals surface area (Å²) < 4.78 is 9.03. The van der Waals surface area contributed by atoms with Crippen molar-refractivity contribution in [2.75, 3.05) is 12.8 Å². The number of ether oxygens (including phenoxy) is 2. The van der Waals surface area contributed by atoms with E-state index < -0.39 is 6.16 Å². The fourth-order valence-corrected chi connectivity index (χ4v) is 1.29. The number of nitrogens with two attached hydrogens (primary N) is 1. The Bertz CT molecular complexity index is 297. The molecule has 0 unspecified atom stereocenters. The lowest BCUT2D eigenvalue weighted by Gasteiger charge is -1.97. The summed E-state index contributed by atoms with van der Waals surface area (Å²) in [7, 11) is 1.24. The first-order valence-electron chi connectivity index (χ1n) is 3.12. The summed E-state index contributed by atoms with van der Waals surface area (Å²) in [5, 5.41) is 0.741. The van der Waals surface area contributed by atoms with Gasteiger partial charge in [0.25, 0.3) is 0 Å². The smallest absolute Gasteiger partial charge is 0.437 e. The third-order valence-electron chi connectivity index (χ3n) is 1.11. The first-order valence-corrected chi connectivity index (χ1v) is 3.94. The molecule has 0 radical (unpaired) electrons. The normalized spacial score (nSPS) is 9.50. The molecule has 0 spiro atoms. The molecule has 66 valence electrons. The summed E-state index contributed by atoms with van der Waals surface area (Å²) in [5.74, 6) is 0. The highest BCUT2D eigenvalue weighted by atomic mass is 32.1. The van der Waals surface area contributed by atoms with E-state index in [0.717, 1.165) is 11.3 Å². The van der Waals surface area contributed by atoms with Gasteiger partial charge in [-0.2, -0.15) is 0 Å². The molecular formula is C6H8N2O3S. The molecule has 1 rings (SSSR count). The van der Waals surface area contributed by atoms with Crippen LogP contribution in [0, 0.1) is 6.92 Å². The molecule has 5 nitrogen and oxygen atoms in total. The summed E-state index contributed by atoms with van der Waals surface area (Å²) in [6, 6.07) is 0. The van der Waals surface area contributed by atoms with Gasteiger partial charge in [0.1, 0.15) is 0 Å². The van der Waals surface area contributed by atoms with Crippen molar-refractivity contribution in [3.63, 3.8) is 0 Å². The Morgan fingerprint density at radius 2 is 2.33 bits per heavy atom. The predicted molar refractivity (Wildman–Crippen MR) is 44.3 cm³/mol. The molecule has 2 N–H and O–H groups in total. The van der Waals surface area contributed by atoms with Crippen molar-refractivity contribution < 1.29 is 14.3 Å². The summed E-state index contributed by atoms with van der Waals surface area (Å²) in [6.07, 6.45) is -0.762. The maximum atomic E-state index is 10.6. The third-order valence-corrected chi connectivity index (χ3v) is 1.98. The quantitative estimate of drug-likeness (QED) is 0.670. The van der Waals surface area contributed by atoms with E-state index in [1.54, 1.807) is 6.92 Å². The van der Waals surface area contributed by atoms with Crippen LogP contribution < -0.4 is 10.5 Å². The van der Waals surface area contributed by atoms with Gasteiger partial charge in [0.2, 0.25) is 5.06 Å². The van der Waals surface area contributed by atoms with Gasteiger partial charge in [-0.25, -0.2) is 9.78 Å².